The van der Waals surface area contributed by atoms with Crippen molar-refractivity contribution >= 4 is 23.4 Å². The van der Waals surface area contributed by atoms with Crippen LogP contribution >= 0.6 is 0 Å². The van der Waals surface area contributed by atoms with E-state index in [-0.39, 0.29) is 12.0 Å². The number of aromatic nitrogens is 4. The van der Waals surface area contributed by atoms with Crippen LogP contribution in [-0.4, -0.2) is 50.1 Å². The van der Waals surface area contributed by atoms with E-state index in [4.69, 9.17) is 4.98 Å². The number of carbonyl (C=O) groups is 1. The van der Waals surface area contributed by atoms with Gasteiger partial charge in [-0.1, -0.05) is 12.0 Å². The number of pyridine rings is 2. The molecule has 3 aromatic heterocycles. The van der Waals surface area contributed by atoms with Crippen LogP contribution in [0.15, 0.2) is 73.2 Å². The molecule has 1 amide bonds. The van der Waals surface area contributed by atoms with Crippen LogP contribution in [-0.2, 0) is 0 Å². The van der Waals surface area contributed by atoms with Gasteiger partial charge in [0.25, 0.3) is 5.91 Å². The maximum Gasteiger partial charge on any atom is 0.251 e. The maximum absolute atomic E-state index is 12.1. The van der Waals surface area contributed by atoms with Crippen LogP contribution in [0.1, 0.15) is 54.2 Å². The molecule has 1 saturated carbocycles. The van der Waals surface area contributed by atoms with Gasteiger partial charge in [0, 0.05) is 48.5 Å². The van der Waals surface area contributed by atoms with Crippen LogP contribution in [0.3, 0.4) is 0 Å². The average Bonchev–Trinajstić information content (AvgIpc) is 3.01. The summed E-state index contributed by atoms with van der Waals surface area (Å²) in [5.74, 6) is 7.66. The summed E-state index contributed by atoms with van der Waals surface area (Å²) >= 11 is 0. The van der Waals surface area contributed by atoms with Crippen molar-refractivity contribution in [1.82, 2.24) is 25.3 Å². The number of aliphatic hydroxyl groups excluding tert-OH is 1. The van der Waals surface area contributed by atoms with Crippen LogP contribution in [0.2, 0.25) is 0 Å². The van der Waals surface area contributed by atoms with E-state index >= 15 is 0 Å². The van der Waals surface area contributed by atoms with E-state index in [1.807, 2.05) is 49.4 Å². The van der Waals surface area contributed by atoms with Gasteiger partial charge in [-0.2, -0.15) is 4.98 Å². The molecule has 9 nitrogen and oxygen atoms in total. The Morgan fingerprint density at radius 3 is 2.56 bits per heavy atom. The van der Waals surface area contributed by atoms with Crippen LogP contribution in [0.4, 0.5) is 17.5 Å². The van der Waals surface area contributed by atoms with Crippen LogP contribution in [0.5, 0.6) is 0 Å². The van der Waals surface area contributed by atoms with Crippen molar-refractivity contribution in [2.24, 2.45) is 5.92 Å². The molecule has 9 heteroatoms. The van der Waals surface area contributed by atoms with E-state index in [1.165, 1.54) is 0 Å². The molecular weight excluding hydrogens is 514 g/mol. The van der Waals surface area contributed by atoms with Gasteiger partial charge in [0.1, 0.15) is 11.5 Å². The molecule has 1 aliphatic rings. The van der Waals surface area contributed by atoms with Crippen LogP contribution < -0.4 is 16.0 Å². The minimum Gasteiger partial charge on any atom is -0.393 e. The van der Waals surface area contributed by atoms with Crippen molar-refractivity contribution in [3.63, 3.8) is 0 Å². The highest BCUT2D eigenvalue weighted by Gasteiger charge is 2.20. The first-order chi connectivity index (χ1) is 20.1. The SMILES string of the molecule is CCNC(=O)c1ccnc(C#Cc2ccc(Nc3ncc(-c4ccccn4)c(NCC4CCC(O)CC4)n3)cc2)c1. The van der Waals surface area contributed by atoms with Gasteiger partial charge >= 0.3 is 0 Å². The number of carbonyl (C=O) groups excluding carboxylic acids is 1. The molecular formula is C32H33N7O2. The molecule has 4 aromatic rings. The molecule has 1 aliphatic carbocycles. The van der Waals surface area contributed by atoms with Crippen molar-refractivity contribution in [1.29, 1.82) is 0 Å². The van der Waals surface area contributed by atoms with Crippen LogP contribution in [0.25, 0.3) is 11.3 Å². The predicted molar refractivity (Wildman–Crippen MR) is 160 cm³/mol. The third-order valence-corrected chi connectivity index (χ3v) is 6.94. The molecule has 41 heavy (non-hydrogen) atoms. The topological polar surface area (TPSA) is 125 Å². The van der Waals surface area contributed by atoms with E-state index in [0.29, 0.717) is 29.7 Å². The fourth-order valence-electron chi connectivity index (χ4n) is 4.68. The lowest BCUT2D eigenvalue weighted by Crippen LogP contribution is -2.24. The molecule has 5 rings (SSSR count). The zero-order valence-corrected chi connectivity index (χ0v) is 23.0. The summed E-state index contributed by atoms with van der Waals surface area (Å²) in [6.45, 7) is 3.21. The molecule has 4 N–H and O–H groups in total. The second-order valence-electron chi connectivity index (χ2n) is 9.97. The van der Waals surface area contributed by atoms with Gasteiger partial charge in [0.05, 0.1) is 17.4 Å². The van der Waals surface area contributed by atoms with Crippen molar-refractivity contribution in [2.75, 3.05) is 23.7 Å². The Morgan fingerprint density at radius 2 is 1.80 bits per heavy atom. The molecule has 3 heterocycles. The lowest BCUT2D eigenvalue weighted by Gasteiger charge is -2.26. The summed E-state index contributed by atoms with van der Waals surface area (Å²) in [4.78, 5) is 30.1. The van der Waals surface area contributed by atoms with E-state index in [9.17, 15) is 9.90 Å². The summed E-state index contributed by atoms with van der Waals surface area (Å²) in [7, 11) is 0. The van der Waals surface area contributed by atoms with E-state index in [0.717, 1.165) is 60.6 Å². The molecule has 208 valence electrons. The number of hydrogen-bond donors (Lipinski definition) is 4. The molecule has 1 aromatic carbocycles. The molecule has 0 radical (unpaired) electrons. The number of rotatable bonds is 8. The first-order valence-electron chi connectivity index (χ1n) is 13.9. The molecule has 0 saturated heterocycles. The zero-order chi connectivity index (χ0) is 28.4. The van der Waals surface area contributed by atoms with E-state index in [2.05, 4.69) is 42.7 Å². The highest BCUT2D eigenvalue weighted by molar-refractivity contribution is 5.94. The first kappa shape index (κ1) is 27.7. The minimum absolute atomic E-state index is 0.143. The van der Waals surface area contributed by atoms with Crippen molar-refractivity contribution in [2.45, 2.75) is 38.7 Å². The summed E-state index contributed by atoms with van der Waals surface area (Å²) in [6.07, 6.45) is 8.63. The normalized spacial score (nSPS) is 16.2. The molecule has 0 aliphatic heterocycles. The number of amides is 1. The summed E-state index contributed by atoms with van der Waals surface area (Å²) in [5, 5.41) is 19.4. The number of hydrogen-bond acceptors (Lipinski definition) is 8. The fraction of sp³-hybridized carbons (Fsp3) is 0.281. The Kier molecular flexibility index (Phi) is 9.14. The van der Waals surface area contributed by atoms with Crippen molar-refractivity contribution < 1.29 is 9.90 Å². The Morgan fingerprint density at radius 1 is 0.976 bits per heavy atom. The van der Waals surface area contributed by atoms with Crippen molar-refractivity contribution in [3.05, 3.63) is 90.0 Å². The van der Waals surface area contributed by atoms with Gasteiger partial charge in [-0.15, -0.1) is 0 Å². The van der Waals surface area contributed by atoms with Gasteiger partial charge in [0.2, 0.25) is 5.95 Å². The summed E-state index contributed by atoms with van der Waals surface area (Å²) in [6, 6.07) is 16.8. The van der Waals surface area contributed by atoms with Gasteiger partial charge in [-0.25, -0.2) is 9.97 Å². The number of anilines is 3. The highest BCUT2D eigenvalue weighted by Crippen LogP contribution is 2.28. The lowest BCUT2D eigenvalue weighted by molar-refractivity contribution is 0.0955. The Bertz CT molecular complexity index is 1520. The third kappa shape index (κ3) is 7.65. The standard InChI is InChI=1S/C32H33N7O2/c1-2-33-31(41)24-16-18-34-26(19-24)13-8-22-6-11-25(12-7-22)38-32-37-21-28(29-5-3-4-17-35-29)30(39-32)36-20-23-9-14-27(40)15-10-23/h3-7,11-12,16-19,21,23,27,40H,2,9-10,14-15,20H2,1H3,(H,33,41)(H2,36,37,38,39). The lowest BCUT2D eigenvalue weighted by atomic mass is 9.87. The van der Waals surface area contributed by atoms with Gasteiger partial charge < -0.3 is 21.1 Å². The fourth-order valence-corrected chi connectivity index (χ4v) is 4.68. The van der Waals surface area contributed by atoms with Gasteiger partial charge in [-0.3, -0.25) is 9.78 Å². The van der Waals surface area contributed by atoms with Crippen molar-refractivity contribution in [3.8, 4) is 23.1 Å². The van der Waals surface area contributed by atoms with Gasteiger partial charge in [0.15, 0.2) is 0 Å². The third-order valence-electron chi connectivity index (χ3n) is 6.94. The number of nitrogens with one attached hydrogen (secondary N) is 3. The molecule has 0 spiro atoms. The van der Waals surface area contributed by atoms with Crippen LogP contribution in [0, 0.1) is 17.8 Å². The molecule has 0 atom stereocenters. The maximum atomic E-state index is 12.1. The summed E-state index contributed by atoms with van der Waals surface area (Å²) < 4.78 is 0. The second-order valence-corrected chi connectivity index (χ2v) is 9.97. The number of benzene rings is 1. The zero-order valence-electron chi connectivity index (χ0n) is 23.0. The van der Waals surface area contributed by atoms with E-state index in [1.54, 1.807) is 30.7 Å². The predicted octanol–water partition coefficient (Wildman–Crippen LogP) is 4.79. The Balaban J connectivity index is 1.28. The molecule has 1 fully saturated rings. The summed E-state index contributed by atoms with van der Waals surface area (Å²) in [5.41, 5.74) is 4.34. The molecule has 0 bridgehead atoms. The smallest absolute Gasteiger partial charge is 0.251 e. The van der Waals surface area contributed by atoms with E-state index < -0.39 is 0 Å². The first-order valence-corrected chi connectivity index (χ1v) is 13.9. The second kappa shape index (κ2) is 13.5. The quantitative estimate of drug-likeness (QED) is 0.232. The monoisotopic (exact) mass is 547 g/mol. The highest BCUT2D eigenvalue weighted by atomic mass is 16.3. The molecule has 0 unspecified atom stereocenters. The minimum atomic E-state index is -0.177. The average molecular weight is 548 g/mol. The number of nitrogens with zero attached hydrogens (tertiary/aromatic N) is 4. The Hall–Kier alpha value is -4.81. The largest absolute Gasteiger partial charge is 0.393 e. The Labute approximate surface area is 239 Å². The van der Waals surface area contributed by atoms with Gasteiger partial charge in [-0.05, 0) is 93.0 Å². The number of aliphatic hydroxyl groups is 1.